The van der Waals surface area contributed by atoms with Crippen LogP contribution < -0.4 is 5.73 Å². The second kappa shape index (κ2) is 5.92. The Balaban J connectivity index is 2.12. The van der Waals surface area contributed by atoms with Crippen LogP contribution in [-0.4, -0.2) is 29.6 Å². The van der Waals surface area contributed by atoms with Gasteiger partial charge in [-0.3, -0.25) is 4.90 Å². The first-order valence-electron chi connectivity index (χ1n) is 8.03. The number of fused-ring (bicyclic) bond motifs is 1. The van der Waals surface area contributed by atoms with Crippen molar-refractivity contribution in [1.29, 1.82) is 0 Å². The van der Waals surface area contributed by atoms with Crippen molar-refractivity contribution in [3.05, 3.63) is 0 Å². The molecule has 1 saturated heterocycles. The van der Waals surface area contributed by atoms with E-state index in [9.17, 15) is 0 Å². The van der Waals surface area contributed by atoms with E-state index in [4.69, 9.17) is 5.73 Å². The fourth-order valence-corrected chi connectivity index (χ4v) is 4.49. The Morgan fingerprint density at radius 2 is 1.83 bits per heavy atom. The quantitative estimate of drug-likeness (QED) is 0.831. The molecule has 2 nitrogen and oxygen atoms in total. The van der Waals surface area contributed by atoms with Crippen molar-refractivity contribution in [3.8, 4) is 0 Å². The summed E-state index contributed by atoms with van der Waals surface area (Å²) in [6.45, 7) is 9.16. The molecule has 18 heavy (non-hydrogen) atoms. The molecule has 3 unspecified atom stereocenters. The second-order valence-electron chi connectivity index (χ2n) is 7.25. The van der Waals surface area contributed by atoms with E-state index in [-0.39, 0.29) is 5.54 Å². The largest absolute Gasteiger partial charge is 0.329 e. The maximum atomic E-state index is 6.17. The maximum absolute atomic E-state index is 6.17. The standard InChI is InChI=1S/C16H32N2/c1-13(2)11-16(3,12-17)18-10-6-8-14-7-4-5-9-15(14)18/h13-15H,4-12,17H2,1-3H3. The van der Waals surface area contributed by atoms with Gasteiger partial charge in [-0.25, -0.2) is 0 Å². The van der Waals surface area contributed by atoms with Gasteiger partial charge in [0.15, 0.2) is 0 Å². The van der Waals surface area contributed by atoms with Gasteiger partial charge in [0.05, 0.1) is 0 Å². The van der Waals surface area contributed by atoms with E-state index in [2.05, 4.69) is 25.7 Å². The van der Waals surface area contributed by atoms with Gasteiger partial charge in [-0.05, 0) is 57.4 Å². The Morgan fingerprint density at radius 1 is 1.17 bits per heavy atom. The number of likely N-dealkylation sites (tertiary alicyclic amines) is 1. The van der Waals surface area contributed by atoms with Gasteiger partial charge in [0.2, 0.25) is 0 Å². The predicted molar refractivity (Wildman–Crippen MR) is 78.6 cm³/mol. The van der Waals surface area contributed by atoms with Gasteiger partial charge in [-0.2, -0.15) is 0 Å². The van der Waals surface area contributed by atoms with Crippen LogP contribution in [-0.2, 0) is 0 Å². The summed E-state index contributed by atoms with van der Waals surface area (Å²) in [6.07, 6.45) is 9.85. The summed E-state index contributed by atoms with van der Waals surface area (Å²) in [6, 6.07) is 0.833. The molecule has 1 heterocycles. The Hall–Kier alpha value is -0.0800. The summed E-state index contributed by atoms with van der Waals surface area (Å²) < 4.78 is 0. The maximum Gasteiger partial charge on any atom is 0.0309 e. The Bertz CT molecular complexity index is 262. The van der Waals surface area contributed by atoms with Crippen molar-refractivity contribution in [3.63, 3.8) is 0 Å². The third kappa shape index (κ3) is 2.91. The lowest BCUT2D eigenvalue weighted by atomic mass is 9.75. The second-order valence-corrected chi connectivity index (χ2v) is 7.25. The zero-order valence-electron chi connectivity index (χ0n) is 12.6. The van der Waals surface area contributed by atoms with Crippen LogP contribution in [0, 0.1) is 11.8 Å². The van der Waals surface area contributed by atoms with E-state index >= 15 is 0 Å². The van der Waals surface area contributed by atoms with Crippen molar-refractivity contribution < 1.29 is 0 Å². The summed E-state index contributed by atoms with van der Waals surface area (Å²) in [5.74, 6) is 1.70. The van der Waals surface area contributed by atoms with E-state index in [1.165, 1.54) is 51.5 Å². The minimum absolute atomic E-state index is 0.231. The minimum atomic E-state index is 0.231. The Morgan fingerprint density at radius 3 is 2.50 bits per heavy atom. The van der Waals surface area contributed by atoms with Crippen molar-refractivity contribution >= 4 is 0 Å². The topological polar surface area (TPSA) is 29.3 Å². The molecule has 2 N–H and O–H groups in total. The third-order valence-electron chi connectivity index (χ3n) is 5.22. The number of rotatable bonds is 4. The zero-order chi connectivity index (χ0) is 13.2. The van der Waals surface area contributed by atoms with Crippen LogP contribution >= 0.6 is 0 Å². The van der Waals surface area contributed by atoms with Crippen LogP contribution in [0.1, 0.15) is 65.7 Å². The molecule has 2 rings (SSSR count). The van der Waals surface area contributed by atoms with Crippen LogP contribution in [0.5, 0.6) is 0 Å². The van der Waals surface area contributed by atoms with Gasteiger partial charge in [-0.1, -0.05) is 26.7 Å². The van der Waals surface area contributed by atoms with E-state index in [1.807, 2.05) is 0 Å². The lowest BCUT2D eigenvalue weighted by Crippen LogP contribution is -2.60. The summed E-state index contributed by atoms with van der Waals surface area (Å²) in [5.41, 5.74) is 6.40. The van der Waals surface area contributed by atoms with Crippen molar-refractivity contribution in [2.75, 3.05) is 13.1 Å². The van der Waals surface area contributed by atoms with Gasteiger partial charge in [-0.15, -0.1) is 0 Å². The molecule has 2 aliphatic rings. The molecule has 1 saturated carbocycles. The van der Waals surface area contributed by atoms with Crippen molar-refractivity contribution in [1.82, 2.24) is 4.90 Å². The highest BCUT2D eigenvalue weighted by Crippen LogP contribution is 2.40. The van der Waals surface area contributed by atoms with Crippen LogP contribution in [0.3, 0.4) is 0 Å². The molecule has 0 bridgehead atoms. The molecule has 0 radical (unpaired) electrons. The molecule has 0 amide bonds. The first-order chi connectivity index (χ1) is 8.57. The fourth-order valence-electron chi connectivity index (χ4n) is 4.49. The molecule has 2 fully saturated rings. The average molecular weight is 252 g/mol. The van der Waals surface area contributed by atoms with E-state index < -0.39 is 0 Å². The fraction of sp³-hybridized carbons (Fsp3) is 1.00. The van der Waals surface area contributed by atoms with E-state index in [0.29, 0.717) is 0 Å². The molecular weight excluding hydrogens is 220 g/mol. The number of hydrogen-bond acceptors (Lipinski definition) is 2. The van der Waals surface area contributed by atoms with Gasteiger partial charge < -0.3 is 5.73 Å². The number of nitrogens with zero attached hydrogens (tertiary/aromatic N) is 1. The highest BCUT2D eigenvalue weighted by Gasteiger charge is 2.41. The number of nitrogens with two attached hydrogens (primary N) is 1. The SMILES string of the molecule is CC(C)CC(C)(CN)N1CCCC2CCCCC21. The van der Waals surface area contributed by atoms with Crippen molar-refractivity contribution in [2.24, 2.45) is 17.6 Å². The smallest absolute Gasteiger partial charge is 0.0309 e. The predicted octanol–water partition coefficient (Wildman–Crippen LogP) is 3.40. The molecule has 3 atom stereocenters. The molecule has 1 aliphatic carbocycles. The average Bonchev–Trinajstić information content (AvgIpc) is 2.37. The van der Waals surface area contributed by atoms with Gasteiger partial charge in [0, 0.05) is 18.1 Å². The van der Waals surface area contributed by atoms with Crippen LogP contribution in [0.2, 0.25) is 0 Å². The van der Waals surface area contributed by atoms with Crippen LogP contribution in [0.15, 0.2) is 0 Å². The first-order valence-corrected chi connectivity index (χ1v) is 8.03. The summed E-state index contributed by atoms with van der Waals surface area (Å²) in [4.78, 5) is 2.81. The van der Waals surface area contributed by atoms with Gasteiger partial charge in [0.1, 0.15) is 0 Å². The Labute approximate surface area is 113 Å². The number of piperidine rings is 1. The molecule has 2 heteroatoms. The molecule has 0 spiro atoms. The van der Waals surface area contributed by atoms with Crippen LogP contribution in [0.25, 0.3) is 0 Å². The highest BCUT2D eigenvalue weighted by molar-refractivity contribution is 4.97. The first kappa shape index (κ1) is 14.3. The lowest BCUT2D eigenvalue weighted by Gasteiger charge is -2.53. The summed E-state index contributed by atoms with van der Waals surface area (Å²) >= 11 is 0. The minimum Gasteiger partial charge on any atom is -0.329 e. The summed E-state index contributed by atoms with van der Waals surface area (Å²) in [5, 5.41) is 0. The van der Waals surface area contributed by atoms with E-state index in [1.54, 1.807) is 0 Å². The van der Waals surface area contributed by atoms with Gasteiger partial charge in [0.25, 0.3) is 0 Å². The monoisotopic (exact) mass is 252 g/mol. The van der Waals surface area contributed by atoms with Crippen LogP contribution in [0.4, 0.5) is 0 Å². The molecular formula is C16H32N2. The molecule has 0 aromatic carbocycles. The molecule has 0 aromatic rings. The molecule has 1 aliphatic heterocycles. The normalized spacial score (nSPS) is 33.2. The highest BCUT2D eigenvalue weighted by atomic mass is 15.2. The summed E-state index contributed by atoms with van der Waals surface area (Å²) in [7, 11) is 0. The zero-order valence-corrected chi connectivity index (χ0v) is 12.6. The lowest BCUT2D eigenvalue weighted by molar-refractivity contribution is -0.0262. The van der Waals surface area contributed by atoms with E-state index in [0.717, 1.165) is 24.4 Å². The third-order valence-corrected chi connectivity index (χ3v) is 5.22. The van der Waals surface area contributed by atoms with Crippen molar-refractivity contribution in [2.45, 2.75) is 77.3 Å². The Kier molecular flexibility index (Phi) is 4.71. The molecule has 106 valence electrons. The number of hydrogen-bond donors (Lipinski definition) is 1. The molecule has 0 aromatic heterocycles. The van der Waals surface area contributed by atoms with Gasteiger partial charge >= 0.3 is 0 Å².